The predicted molar refractivity (Wildman–Crippen MR) is 132 cm³/mol. The van der Waals surface area contributed by atoms with Crippen LogP contribution >= 0.6 is 24.0 Å². The van der Waals surface area contributed by atoms with Gasteiger partial charge in [0, 0.05) is 18.3 Å². The highest BCUT2D eigenvalue weighted by atomic mass is 32.2. The Bertz CT molecular complexity index is 1200. The van der Waals surface area contributed by atoms with Crippen molar-refractivity contribution in [3.05, 3.63) is 77.1 Å². The number of nitrogens with one attached hydrogen (secondary N) is 3. The van der Waals surface area contributed by atoms with Gasteiger partial charge in [-0.3, -0.25) is 9.59 Å². The Hall–Kier alpha value is -3.77. The van der Waals surface area contributed by atoms with Crippen LogP contribution in [0.2, 0.25) is 0 Å². The zero-order valence-corrected chi connectivity index (χ0v) is 19.6. The third kappa shape index (κ3) is 7.36. The van der Waals surface area contributed by atoms with E-state index < -0.39 is 29.7 Å². The van der Waals surface area contributed by atoms with E-state index in [4.69, 9.17) is 22.4 Å². The number of carbonyl (C=O) groups excluding carboxylic acids is 2. The van der Waals surface area contributed by atoms with Crippen molar-refractivity contribution < 1.29 is 33.8 Å². The van der Waals surface area contributed by atoms with Gasteiger partial charge >= 0.3 is 11.9 Å². The molecule has 2 unspecified atom stereocenters. The average molecular weight is 518 g/mol. The highest BCUT2D eigenvalue weighted by Gasteiger charge is 2.28. The van der Waals surface area contributed by atoms with Crippen molar-refractivity contribution in [1.82, 2.24) is 10.6 Å². The molecule has 0 saturated carbocycles. The van der Waals surface area contributed by atoms with Crippen molar-refractivity contribution in [1.29, 1.82) is 0 Å². The molecule has 9 nitrogen and oxygen atoms in total. The highest BCUT2D eigenvalue weighted by molar-refractivity contribution is 8.24. The quantitative estimate of drug-likeness (QED) is 0.237. The molecule has 2 aromatic rings. The molecule has 1 heterocycles. The van der Waals surface area contributed by atoms with Gasteiger partial charge in [0.2, 0.25) is 5.91 Å². The van der Waals surface area contributed by atoms with Crippen molar-refractivity contribution >= 4 is 57.7 Å². The van der Waals surface area contributed by atoms with Gasteiger partial charge in [-0.1, -0.05) is 42.2 Å². The summed E-state index contributed by atoms with van der Waals surface area (Å²) in [6, 6.07) is 9.61. The van der Waals surface area contributed by atoms with E-state index in [1.807, 2.05) is 24.3 Å². The fourth-order valence-corrected chi connectivity index (χ4v) is 4.46. The summed E-state index contributed by atoms with van der Waals surface area (Å²) in [6.07, 6.45) is 1.89. The fraction of sp³-hybridized carbons (Fsp3) is 0.174. The van der Waals surface area contributed by atoms with E-state index in [9.17, 15) is 23.6 Å². The third-order valence-corrected chi connectivity index (χ3v) is 6.27. The van der Waals surface area contributed by atoms with Gasteiger partial charge < -0.3 is 26.2 Å². The molecule has 3 rings (SSSR count). The Morgan fingerprint density at radius 1 is 1.14 bits per heavy atom. The van der Waals surface area contributed by atoms with Gasteiger partial charge in [-0.2, -0.15) is 0 Å². The summed E-state index contributed by atoms with van der Waals surface area (Å²) >= 11 is 6.32. The standard InChI is InChI=1S/C23H20FN3O6S2/c24-16-6-3-13(9-15(16)20(30)26-17(22(32)33)7-8-19(28)29)11-25-14-4-1-12(2-5-14)10-18-21(31)27-23(34)35-18/h1-9,17-18,25H,10-11H2,(H,26,30)(H,28,29)(H,32,33)(H,27,31,34)/b8-7+. The summed E-state index contributed by atoms with van der Waals surface area (Å²) in [7, 11) is 0. The van der Waals surface area contributed by atoms with Crippen LogP contribution in [-0.2, 0) is 27.3 Å². The molecule has 0 radical (unpaired) electrons. The maximum Gasteiger partial charge on any atom is 0.330 e. The molecule has 1 aliphatic rings. The van der Waals surface area contributed by atoms with Crippen LogP contribution in [0.1, 0.15) is 21.5 Å². The van der Waals surface area contributed by atoms with Gasteiger partial charge in [-0.25, -0.2) is 14.0 Å². The second-order valence-electron chi connectivity index (χ2n) is 7.44. The first kappa shape index (κ1) is 25.8. The summed E-state index contributed by atoms with van der Waals surface area (Å²) in [5, 5.41) is 25.4. The van der Waals surface area contributed by atoms with E-state index in [0.29, 0.717) is 22.4 Å². The number of hydrogen-bond acceptors (Lipinski definition) is 7. The minimum absolute atomic E-state index is 0.106. The second-order valence-corrected chi connectivity index (χ2v) is 9.32. The van der Waals surface area contributed by atoms with Gasteiger partial charge in [-0.05, 0) is 47.9 Å². The normalized spacial score (nSPS) is 16.1. The Labute approximate surface area is 208 Å². The summed E-state index contributed by atoms with van der Waals surface area (Å²) in [6.45, 7) is 0.246. The number of halogens is 1. The lowest BCUT2D eigenvalue weighted by molar-refractivity contribution is -0.138. The van der Waals surface area contributed by atoms with E-state index in [1.165, 1.54) is 23.9 Å². The molecule has 0 bridgehead atoms. The number of thioether (sulfide) groups is 1. The zero-order valence-electron chi connectivity index (χ0n) is 18.0. The molecule has 182 valence electrons. The van der Waals surface area contributed by atoms with Gasteiger partial charge in [0.15, 0.2) is 0 Å². The van der Waals surface area contributed by atoms with E-state index in [1.54, 1.807) is 0 Å². The van der Waals surface area contributed by atoms with Crippen molar-refractivity contribution in [2.24, 2.45) is 0 Å². The first-order valence-corrected chi connectivity index (χ1v) is 11.5. The van der Waals surface area contributed by atoms with E-state index in [0.717, 1.165) is 23.4 Å². The lowest BCUT2D eigenvalue weighted by Crippen LogP contribution is -2.39. The molecule has 2 atom stereocenters. The largest absolute Gasteiger partial charge is 0.479 e. The monoisotopic (exact) mass is 517 g/mol. The van der Waals surface area contributed by atoms with Crippen LogP contribution in [0.4, 0.5) is 10.1 Å². The van der Waals surface area contributed by atoms with Crippen LogP contribution in [0, 0.1) is 5.82 Å². The molecule has 5 N–H and O–H groups in total. The smallest absolute Gasteiger partial charge is 0.330 e. The molecule has 0 spiro atoms. The number of rotatable bonds is 10. The van der Waals surface area contributed by atoms with Crippen LogP contribution in [-0.4, -0.2) is 49.6 Å². The van der Waals surface area contributed by atoms with Crippen LogP contribution in [0.5, 0.6) is 0 Å². The van der Waals surface area contributed by atoms with Crippen LogP contribution in [0.15, 0.2) is 54.6 Å². The van der Waals surface area contributed by atoms with Crippen LogP contribution < -0.4 is 16.0 Å². The lowest BCUT2D eigenvalue weighted by Gasteiger charge is -2.13. The molecule has 35 heavy (non-hydrogen) atoms. The summed E-state index contributed by atoms with van der Waals surface area (Å²) in [5.41, 5.74) is 1.90. The molecule has 1 aliphatic heterocycles. The SMILES string of the molecule is O=C(O)/C=C/C(NC(=O)c1cc(CNc2ccc(CC3SC(=S)NC3=O)cc2)ccc1F)C(=O)O. The number of anilines is 1. The van der Waals surface area contributed by atoms with Gasteiger partial charge in [0.05, 0.1) is 10.8 Å². The van der Waals surface area contributed by atoms with Crippen LogP contribution in [0.25, 0.3) is 0 Å². The number of amides is 2. The number of benzene rings is 2. The number of carboxylic acid groups (broad SMARTS) is 2. The Balaban J connectivity index is 1.62. The molecule has 12 heteroatoms. The molecule has 2 amide bonds. The number of carbonyl (C=O) groups is 4. The van der Waals surface area contributed by atoms with E-state index >= 15 is 0 Å². The lowest BCUT2D eigenvalue weighted by atomic mass is 10.1. The Morgan fingerprint density at radius 3 is 2.43 bits per heavy atom. The zero-order chi connectivity index (χ0) is 25.5. The van der Waals surface area contributed by atoms with Gasteiger partial charge in [-0.15, -0.1) is 0 Å². The third-order valence-electron chi connectivity index (χ3n) is 4.90. The molecule has 0 aliphatic carbocycles. The first-order chi connectivity index (χ1) is 16.6. The average Bonchev–Trinajstić information content (AvgIpc) is 3.12. The van der Waals surface area contributed by atoms with Crippen molar-refractivity contribution in [2.75, 3.05) is 5.32 Å². The summed E-state index contributed by atoms with van der Waals surface area (Å²) in [4.78, 5) is 46.1. The molecule has 2 aromatic carbocycles. The molecule has 0 aromatic heterocycles. The predicted octanol–water partition coefficient (Wildman–Crippen LogP) is 2.32. The summed E-state index contributed by atoms with van der Waals surface area (Å²) < 4.78 is 14.7. The number of thiocarbonyl (C=S) groups is 1. The summed E-state index contributed by atoms with van der Waals surface area (Å²) in [5.74, 6) is -4.83. The minimum Gasteiger partial charge on any atom is -0.479 e. The number of hydrogen-bond donors (Lipinski definition) is 5. The molecule has 1 fully saturated rings. The molecular formula is C23H20FN3O6S2. The number of carboxylic acids is 2. The van der Waals surface area contributed by atoms with Crippen LogP contribution in [0.3, 0.4) is 0 Å². The van der Waals surface area contributed by atoms with Crippen molar-refractivity contribution in [2.45, 2.75) is 24.3 Å². The maximum atomic E-state index is 14.2. The van der Waals surface area contributed by atoms with Gasteiger partial charge in [0.1, 0.15) is 16.2 Å². The second kappa shape index (κ2) is 11.6. The fourth-order valence-electron chi connectivity index (χ4n) is 3.15. The van der Waals surface area contributed by atoms with E-state index in [2.05, 4.69) is 16.0 Å². The maximum absolute atomic E-state index is 14.2. The van der Waals surface area contributed by atoms with Gasteiger partial charge in [0.25, 0.3) is 5.91 Å². The Morgan fingerprint density at radius 2 is 1.83 bits per heavy atom. The topological polar surface area (TPSA) is 145 Å². The van der Waals surface area contributed by atoms with Crippen molar-refractivity contribution in [3.8, 4) is 0 Å². The first-order valence-electron chi connectivity index (χ1n) is 10.2. The Kier molecular flexibility index (Phi) is 8.55. The molecule has 1 saturated heterocycles. The number of aliphatic carboxylic acids is 2. The molecular weight excluding hydrogens is 497 g/mol. The van der Waals surface area contributed by atoms with E-state index in [-0.39, 0.29) is 23.3 Å². The highest BCUT2D eigenvalue weighted by Crippen LogP contribution is 2.24. The van der Waals surface area contributed by atoms with Crippen molar-refractivity contribution in [3.63, 3.8) is 0 Å². The minimum atomic E-state index is -1.64.